The molecule has 3 aromatic rings. The highest BCUT2D eigenvalue weighted by Crippen LogP contribution is 2.48. The lowest BCUT2D eigenvalue weighted by molar-refractivity contribution is 0.169. The van der Waals surface area contributed by atoms with Crippen LogP contribution in [-0.2, 0) is 0 Å². The molecule has 0 amide bonds. The van der Waals surface area contributed by atoms with Crippen molar-refractivity contribution in [3.8, 4) is 29.1 Å². The molecule has 190 valence electrons. The first-order valence-electron chi connectivity index (χ1n) is 12.8. The predicted molar refractivity (Wildman–Crippen MR) is 144 cm³/mol. The van der Waals surface area contributed by atoms with Crippen molar-refractivity contribution in [2.45, 2.75) is 39.3 Å². The minimum atomic E-state index is -0.509. The molecule has 2 aliphatic rings. The summed E-state index contributed by atoms with van der Waals surface area (Å²) in [5, 5.41) is 30.3. The molecule has 0 radical (unpaired) electrons. The summed E-state index contributed by atoms with van der Waals surface area (Å²) in [5.74, 6) is 2.24. The van der Waals surface area contributed by atoms with Gasteiger partial charge in [0, 0.05) is 29.3 Å². The summed E-state index contributed by atoms with van der Waals surface area (Å²) in [6.45, 7) is 9.32. The van der Waals surface area contributed by atoms with Crippen LogP contribution in [0, 0.1) is 17.2 Å². The second kappa shape index (κ2) is 10.2. The highest BCUT2D eigenvalue weighted by atomic mass is 16.5. The molecule has 5 rings (SSSR count). The summed E-state index contributed by atoms with van der Waals surface area (Å²) < 4.78 is 12.6. The number of benzene rings is 3. The maximum atomic E-state index is 10.4. The summed E-state index contributed by atoms with van der Waals surface area (Å²) in [4.78, 5) is 2.48. The van der Waals surface area contributed by atoms with Gasteiger partial charge in [0.2, 0.25) is 0 Å². The SMILES string of the molecule is CC1=C(c2cccc(O)c2C#N)C(c2ccc(OC[C@H](C)N3CC[C@@H](C)C3)cc2)Oc2ccc(O)cc21. The molecule has 2 heterocycles. The topological polar surface area (TPSA) is 86.0 Å². The smallest absolute Gasteiger partial charge is 0.150 e. The van der Waals surface area contributed by atoms with Gasteiger partial charge in [-0.1, -0.05) is 31.2 Å². The average molecular weight is 497 g/mol. The molecule has 3 aromatic carbocycles. The molecule has 6 heteroatoms. The molecule has 2 aliphatic heterocycles. The van der Waals surface area contributed by atoms with Crippen molar-refractivity contribution in [1.82, 2.24) is 4.90 Å². The predicted octanol–water partition coefficient (Wildman–Crippen LogP) is 6.14. The van der Waals surface area contributed by atoms with E-state index < -0.39 is 6.10 Å². The molecular formula is C31H32N2O4. The number of nitrogens with zero attached hydrogens (tertiary/aromatic N) is 2. The molecule has 0 spiro atoms. The molecule has 1 unspecified atom stereocenters. The quantitative estimate of drug-likeness (QED) is 0.426. The zero-order valence-electron chi connectivity index (χ0n) is 21.4. The van der Waals surface area contributed by atoms with E-state index in [1.807, 2.05) is 37.3 Å². The minimum absolute atomic E-state index is 0.0778. The number of hydrogen-bond donors (Lipinski definition) is 2. The first-order chi connectivity index (χ1) is 17.9. The van der Waals surface area contributed by atoms with Crippen LogP contribution in [0.1, 0.15) is 55.5 Å². The normalized spacial score (nSPS) is 20.2. The summed E-state index contributed by atoms with van der Waals surface area (Å²) >= 11 is 0. The second-order valence-electron chi connectivity index (χ2n) is 10.1. The Bertz CT molecular complexity index is 1370. The van der Waals surface area contributed by atoms with Crippen LogP contribution in [0.25, 0.3) is 11.1 Å². The number of aromatic hydroxyl groups is 2. The lowest BCUT2D eigenvalue weighted by atomic mass is 9.84. The van der Waals surface area contributed by atoms with Gasteiger partial charge in [-0.15, -0.1) is 0 Å². The van der Waals surface area contributed by atoms with Crippen molar-refractivity contribution in [3.63, 3.8) is 0 Å². The van der Waals surface area contributed by atoms with Crippen molar-refractivity contribution in [1.29, 1.82) is 5.26 Å². The van der Waals surface area contributed by atoms with Crippen molar-refractivity contribution >= 4 is 11.1 Å². The van der Waals surface area contributed by atoms with E-state index in [0.29, 0.717) is 24.0 Å². The van der Waals surface area contributed by atoms with E-state index in [4.69, 9.17) is 9.47 Å². The number of ether oxygens (including phenoxy) is 2. The Morgan fingerprint density at radius 1 is 1.11 bits per heavy atom. The van der Waals surface area contributed by atoms with Gasteiger partial charge in [0.25, 0.3) is 0 Å². The molecule has 1 saturated heterocycles. The van der Waals surface area contributed by atoms with Crippen LogP contribution in [-0.4, -0.2) is 40.9 Å². The number of nitriles is 1. The molecule has 3 atom stereocenters. The van der Waals surface area contributed by atoms with Gasteiger partial charge in [-0.2, -0.15) is 5.26 Å². The fraction of sp³-hybridized carbons (Fsp3) is 0.323. The fourth-order valence-electron chi connectivity index (χ4n) is 5.33. The van der Waals surface area contributed by atoms with E-state index in [2.05, 4.69) is 24.8 Å². The molecule has 1 fully saturated rings. The second-order valence-corrected chi connectivity index (χ2v) is 10.1. The van der Waals surface area contributed by atoms with E-state index in [9.17, 15) is 15.5 Å². The lowest BCUT2D eigenvalue weighted by Crippen LogP contribution is -2.35. The molecule has 0 saturated carbocycles. The summed E-state index contributed by atoms with van der Waals surface area (Å²) in [6.07, 6.45) is 0.732. The maximum absolute atomic E-state index is 10.4. The fourth-order valence-corrected chi connectivity index (χ4v) is 5.33. The number of phenols is 2. The van der Waals surface area contributed by atoms with E-state index >= 15 is 0 Å². The Labute approximate surface area is 218 Å². The summed E-state index contributed by atoms with van der Waals surface area (Å²) in [6, 6.07) is 20.4. The molecule has 6 nitrogen and oxygen atoms in total. The molecule has 37 heavy (non-hydrogen) atoms. The average Bonchev–Trinajstić information content (AvgIpc) is 3.34. The van der Waals surface area contributed by atoms with Crippen LogP contribution in [0.3, 0.4) is 0 Å². The highest BCUT2D eigenvalue weighted by Gasteiger charge is 2.31. The Hall–Kier alpha value is -3.95. The van der Waals surface area contributed by atoms with Crippen LogP contribution in [0.4, 0.5) is 0 Å². The first-order valence-corrected chi connectivity index (χ1v) is 12.8. The number of fused-ring (bicyclic) bond motifs is 1. The Kier molecular flexibility index (Phi) is 6.82. The summed E-state index contributed by atoms with van der Waals surface area (Å²) in [5.41, 5.74) is 4.10. The third-order valence-corrected chi connectivity index (χ3v) is 7.48. The standard InChI is InChI=1S/C31H32N2O4/c1-19-13-14-33(17-19)20(2)18-36-24-10-7-22(8-11-24)31-30(25-5-4-6-28(35)27(25)16-32)21(3)26-15-23(34)9-12-29(26)37-31/h4-12,15,19-20,31,34-35H,13-14,17-18H2,1-3H3/t19-,20+,31?/m1/s1. The van der Waals surface area contributed by atoms with E-state index in [1.54, 1.807) is 24.3 Å². The van der Waals surface area contributed by atoms with E-state index in [0.717, 1.165) is 47.0 Å². The van der Waals surface area contributed by atoms with Crippen molar-refractivity contribution in [3.05, 3.63) is 82.9 Å². The first kappa shape index (κ1) is 24.7. The zero-order chi connectivity index (χ0) is 26.1. The molecular weight excluding hydrogens is 464 g/mol. The van der Waals surface area contributed by atoms with E-state index in [1.165, 1.54) is 12.5 Å². The van der Waals surface area contributed by atoms with Crippen LogP contribution >= 0.6 is 0 Å². The minimum Gasteiger partial charge on any atom is -0.508 e. The molecule has 0 bridgehead atoms. The van der Waals surface area contributed by atoms with Gasteiger partial charge in [0.15, 0.2) is 0 Å². The van der Waals surface area contributed by atoms with E-state index in [-0.39, 0.29) is 17.1 Å². The Balaban J connectivity index is 1.46. The Morgan fingerprint density at radius 3 is 2.59 bits per heavy atom. The number of rotatable bonds is 6. The van der Waals surface area contributed by atoms with Gasteiger partial charge in [0.1, 0.15) is 47.3 Å². The largest absolute Gasteiger partial charge is 0.508 e. The Morgan fingerprint density at radius 2 is 1.89 bits per heavy atom. The van der Waals surface area contributed by atoms with Gasteiger partial charge >= 0.3 is 0 Å². The van der Waals surface area contributed by atoms with Crippen LogP contribution in [0.2, 0.25) is 0 Å². The van der Waals surface area contributed by atoms with Crippen molar-refractivity contribution < 1.29 is 19.7 Å². The molecule has 0 aromatic heterocycles. The molecule has 2 N–H and O–H groups in total. The molecule has 0 aliphatic carbocycles. The third-order valence-electron chi connectivity index (χ3n) is 7.48. The number of likely N-dealkylation sites (tertiary alicyclic amines) is 1. The zero-order valence-corrected chi connectivity index (χ0v) is 21.4. The van der Waals surface area contributed by atoms with Crippen molar-refractivity contribution in [2.24, 2.45) is 5.92 Å². The number of allylic oxidation sites excluding steroid dienone is 1. The van der Waals surface area contributed by atoms with Gasteiger partial charge in [-0.3, -0.25) is 4.90 Å². The van der Waals surface area contributed by atoms with Gasteiger partial charge < -0.3 is 19.7 Å². The lowest BCUT2D eigenvalue weighted by Gasteiger charge is -2.31. The van der Waals surface area contributed by atoms with Gasteiger partial charge in [-0.05, 0) is 80.3 Å². The van der Waals surface area contributed by atoms with Gasteiger partial charge in [-0.25, -0.2) is 0 Å². The van der Waals surface area contributed by atoms with Crippen LogP contribution in [0.5, 0.6) is 23.0 Å². The van der Waals surface area contributed by atoms with Crippen molar-refractivity contribution in [2.75, 3.05) is 19.7 Å². The monoisotopic (exact) mass is 496 g/mol. The van der Waals surface area contributed by atoms with Gasteiger partial charge in [0.05, 0.1) is 0 Å². The van der Waals surface area contributed by atoms with Crippen LogP contribution < -0.4 is 9.47 Å². The summed E-state index contributed by atoms with van der Waals surface area (Å²) in [7, 11) is 0. The maximum Gasteiger partial charge on any atom is 0.150 e. The third kappa shape index (κ3) is 4.87. The number of hydrogen-bond acceptors (Lipinski definition) is 6. The van der Waals surface area contributed by atoms with Crippen LogP contribution in [0.15, 0.2) is 60.7 Å². The number of phenolic OH excluding ortho intramolecular Hbond substituents is 2. The highest BCUT2D eigenvalue weighted by molar-refractivity contribution is 5.97.